The molecule has 96 valence electrons. The molecule has 3 rings (SSSR count). The quantitative estimate of drug-likeness (QED) is 0.751. The number of nitrogens with one attached hydrogen (secondary N) is 1. The van der Waals surface area contributed by atoms with Crippen LogP contribution in [0, 0.1) is 0 Å². The largest absolute Gasteiger partial charge is 0.334 e. The number of carbonyl (C=O) groups is 1. The van der Waals surface area contributed by atoms with Crippen LogP contribution in [0.25, 0.3) is 0 Å². The number of amides is 1. The molecule has 0 aromatic rings. The highest BCUT2D eigenvalue weighted by atomic mass is 16.2. The van der Waals surface area contributed by atoms with Gasteiger partial charge in [0, 0.05) is 6.54 Å². The molecule has 18 heavy (non-hydrogen) atoms. The molecule has 3 nitrogen and oxygen atoms in total. The van der Waals surface area contributed by atoms with Crippen LogP contribution >= 0.6 is 0 Å². The van der Waals surface area contributed by atoms with E-state index in [4.69, 9.17) is 0 Å². The fraction of sp³-hybridized carbons (Fsp3) is 0.533. The highest BCUT2D eigenvalue weighted by molar-refractivity contribution is 5.87. The van der Waals surface area contributed by atoms with Crippen LogP contribution in [0.1, 0.15) is 25.7 Å². The summed E-state index contributed by atoms with van der Waals surface area (Å²) < 4.78 is 0. The lowest BCUT2D eigenvalue weighted by Gasteiger charge is -2.30. The number of nitrogens with zero attached hydrogens (tertiary/aromatic N) is 1. The average Bonchev–Trinajstić information content (AvgIpc) is 3.01. The summed E-state index contributed by atoms with van der Waals surface area (Å²) in [7, 11) is 1.89. The second kappa shape index (κ2) is 4.73. The van der Waals surface area contributed by atoms with Gasteiger partial charge in [0.1, 0.15) is 6.04 Å². The molecule has 2 atom stereocenters. The van der Waals surface area contributed by atoms with Crippen LogP contribution in [0.5, 0.6) is 0 Å². The van der Waals surface area contributed by atoms with Crippen molar-refractivity contribution in [3.63, 3.8) is 0 Å². The molecule has 1 N–H and O–H groups in total. The first-order chi connectivity index (χ1) is 8.81. The molecule has 0 saturated heterocycles. The van der Waals surface area contributed by atoms with Crippen molar-refractivity contribution in [2.24, 2.45) is 0 Å². The van der Waals surface area contributed by atoms with Crippen LogP contribution in [-0.4, -0.2) is 36.5 Å². The lowest BCUT2D eigenvalue weighted by atomic mass is 10.0. The van der Waals surface area contributed by atoms with Gasteiger partial charge in [-0.05, 0) is 43.9 Å². The molecule has 1 aliphatic heterocycles. The Morgan fingerprint density at radius 2 is 2.28 bits per heavy atom. The van der Waals surface area contributed by atoms with Gasteiger partial charge in [-0.3, -0.25) is 4.79 Å². The van der Waals surface area contributed by atoms with Gasteiger partial charge in [-0.2, -0.15) is 0 Å². The minimum atomic E-state index is -0.119. The maximum atomic E-state index is 12.7. The van der Waals surface area contributed by atoms with Crippen LogP contribution in [-0.2, 0) is 4.79 Å². The molecule has 2 aliphatic carbocycles. The molecule has 1 amide bonds. The predicted octanol–water partition coefficient (Wildman–Crippen LogP) is 1.78. The van der Waals surface area contributed by atoms with Gasteiger partial charge >= 0.3 is 0 Å². The summed E-state index contributed by atoms with van der Waals surface area (Å²) in [5.41, 5.74) is 2.65. The zero-order valence-corrected chi connectivity index (χ0v) is 10.9. The molecule has 0 bridgehead atoms. The van der Waals surface area contributed by atoms with E-state index in [2.05, 4.69) is 34.5 Å². The van der Waals surface area contributed by atoms with Crippen molar-refractivity contribution in [3.8, 4) is 0 Å². The molecule has 0 aromatic heterocycles. The molecule has 0 saturated carbocycles. The lowest BCUT2D eigenvalue weighted by molar-refractivity contribution is -0.133. The number of allylic oxidation sites excluding steroid dienone is 3. The van der Waals surface area contributed by atoms with Gasteiger partial charge in [-0.15, -0.1) is 0 Å². The number of carbonyl (C=O) groups excluding carboxylic acids is 1. The van der Waals surface area contributed by atoms with E-state index in [-0.39, 0.29) is 11.9 Å². The van der Waals surface area contributed by atoms with Gasteiger partial charge in [0.15, 0.2) is 0 Å². The summed E-state index contributed by atoms with van der Waals surface area (Å²) in [6.45, 7) is 0.856. The summed E-state index contributed by atoms with van der Waals surface area (Å²) >= 11 is 0. The maximum Gasteiger partial charge on any atom is 0.244 e. The molecule has 0 spiro atoms. The predicted molar refractivity (Wildman–Crippen MR) is 72.1 cm³/mol. The van der Waals surface area contributed by atoms with Crippen molar-refractivity contribution in [2.45, 2.75) is 37.8 Å². The molecular weight excluding hydrogens is 224 g/mol. The Morgan fingerprint density at radius 1 is 1.39 bits per heavy atom. The van der Waals surface area contributed by atoms with E-state index >= 15 is 0 Å². The molecule has 3 heteroatoms. The monoisotopic (exact) mass is 244 g/mol. The second-order valence-electron chi connectivity index (χ2n) is 5.23. The van der Waals surface area contributed by atoms with Crippen molar-refractivity contribution in [2.75, 3.05) is 13.6 Å². The van der Waals surface area contributed by atoms with E-state index in [0.717, 1.165) is 32.2 Å². The second-order valence-corrected chi connectivity index (χ2v) is 5.23. The Hall–Kier alpha value is -1.35. The molecule has 1 heterocycles. The van der Waals surface area contributed by atoms with E-state index in [1.165, 1.54) is 11.1 Å². The summed E-state index contributed by atoms with van der Waals surface area (Å²) in [4.78, 5) is 14.7. The molecule has 0 fully saturated rings. The molecule has 0 aromatic carbocycles. The van der Waals surface area contributed by atoms with Gasteiger partial charge in [0.2, 0.25) is 5.91 Å². The van der Waals surface area contributed by atoms with E-state index < -0.39 is 0 Å². The van der Waals surface area contributed by atoms with E-state index in [0.29, 0.717) is 6.04 Å². The average molecular weight is 244 g/mol. The Balaban J connectivity index is 1.87. The Labute approximate surface area is 108 Å². The number of hydrogen-bond donors (Lipinski definition) is 1. The lowest BCUT2D eigenvalue weighted by Crippen LogP contribution is -2.48. The van der Waals surface area contributed by atoms with Crippen LogP contribution in [0.15, 0.2) is 35.5 Å². The van der Waals surface area contributed by atoms with Crippen LogP contribution in [0.2, 0.25) is 0 Å². The van der Waals surface area contributed by atoms with Crippen molar-refractivity contribution in [3.05, 3.63) is 35.5 Å². The first-order valence-corrected chi connectivity index (χ1v) is 6.84. The normalized spacial score (nSPS) is 31.2. The fourth-order valence-corrected chi connectivity index (χ4v) is 3.28. The highest BCUT2D eigenvalue weighted by Gasteiger charge is 2.34. The Bertz CT molecular complexity index is 447. The number of rotatable bonds is 2. The van der Waals surface area contributed by atoms with Gasteiger partial charge in [0.05, 0.1) is 6.04 Å². The first kappa shape index (κ1) is 11.7. The zero-order chi connectivity index (χ0) is 12.5. The minimum Gasteiger partial charge on any atom is -0.334 e. The third kappa shape index (κ3) is 1.83. The third-order valence-electron chi connectivity index (χ3n) is 4.25. The molecular formula is C15H20N2O. The van der Waals surface area contributed by atoms with E-state index in [1.54, 1.807) is 0 Å². The number of hydrogen-bond acceptors (Lipinski definition) is 2. The fourth-order valence-electron chi connectivity index (χ4n) is 3.28. The van der Waals surface area contributed by atoms with Crippen LogP contribution in [0.4, 0.5) is 0 Å². The van der Waals surface area contributed by atoms with Crippen molar-refractivity contribution < 1.29 is 4.79 Å². The SMILES string of the molecule is CNC1C(=O)N(C2C=CCC2)CCC2=C1CC=C2. The van der Waals surface area contributed by atoms with Crippen LogP contribution < -0.4 is 5.32 Å². The van der Waals surface area contributed by atoms with Gasteiger partial charge in [-0.25, -0.2) is 0 Å². The summed E-state index contributed by atoms with van der Waals surface area (Å²) in [6, 6.07) is 0.198. The molecule has 2 unspecified atom stereocenters. The Morgan fingerprint density at radius 3 is 3.00 bits per heavy atom. The smallest absolute Gasteiger partial charge is 0.244 e. The van der Waals surface area contributed by atoms with Crippen LogP contribution in [0.3, 0.4) is 0 Å². The zero-order valence-electron chi connectivity index (χ0n) is 10.9. The topological polar surface area (TPSA) is 32.3 Å². The Kier molecular flexibility index (Phi) is 3.08. The van der Waals surface area contributed by atoms with Gasteiger partial charge in [0.25, 0.3) is 0 Å². The van der Waals surface area contributed by atoms with E-state index in [1.807, 2.05) is 7.05 Å². The molecule has 0 radical (unpaired) electrons. The summed E-state index contributed by atoms with van der Waals surface area (Å²) in [6.07, 6.45) is 12.9. The summed E-state index contributed by atoms with van der Waals surface area (Å²) in [5.74, 6) is 0.253. The maximum absolute atomic E-state index is 12.7. The standard InChI is InChI=1S/C15H20N2O/c1-16-14-13-8-4-5-11(13)9-10-17(15(14)18)12-6-2-3-7-12/h2,4-6,12,14,16H,3,7-10H2,1H3. The molecule has 3 aliphatic rings. The van der Waals surface area contributed by atoms with E-state index in [9.17, 15) is 4.79 Å². The van der Waals surface area contributed by atoms with Gasteiger partial charge < -0.3 is 10.2 Å². The van der Waals surface area contributed by atoms with Gasteiger partial charge in [-0.1, -0.05) is 24.3 Å². The number of likely N-dealkylation sites (N-methyl/N-ethyl adjacent to an activating group) is 1. The highest BCUT2D eigenvalue weighted by Crippen LogP contribution is 2.30. The summed E-state index contributed by atoms with van der Waals surface area (Å²) in [5, 5.41) is 3.21. The van der Waals surface area contributed by atoms with Crippen molar-refractivity contribution in [1.29, 1.82) is 0 Å². The first-order valence-electron chi connectivity index (χ1n) is 6.84. The van der Waals surface area contributed by atoms with Crippen molar-refractivity contribution in [1.82, 2.24) is 10.2 Å². The minimum absolute atomic E-state index is 0.119. The van der Waals surface area contributed by atoms with Crippen molar-refractivity contribution >= 4 is 5.91 Å². The third-order valence-corrected chi connectivity index (χ3v) is 4.25.